The van der Waals surface area contributed by atoms with Crippen LogP contribution in [0.4, 0.5) is 4.79 Å². The maximum Gasteiger partial charge on any atom is 0.322 e. The number of urea groups is 1. The van der Waals surface area contributed by atoms with E-state index in [0.29, 0.717) is 0 Å². The molecule has 3 heterocycles. The lowest BCUT2D eigenvalue weighted by Crippen LogP contribution is -2.55. The van der Waals surface area contributed by atoms with Gasteiger partial charge in [-0.25, -0.2) is 4.79 Å². The molecule has 0 radical (unpaired) electrons. The van der Waals surface area contributed by atoms with Crippen molar-refractivity contribution in [1.82, 2.24) is 20.9 Å². The summed E-state index contributed by atoms with van der Waals surface area (Å²) in [5, 5.41) is 8.48. The average Bonchev–Trinajstić information content (AvgIpc) is 3.20. The number of carbonyl (C=O) groups is 2. The SMILES string of the molecule is CN=C(NCCc1ccco1)N1CCC(C2(C)NC(=O)NC2=O)CC1. The predicted molar refractivity (Wildman–Crippen MR) is 93.2 cm³/mol. The minimum atomic E-state index is -0.806. The Morgan fingerprint density at radius 1 is 1.44 bits per heavy atom. The molecule has 1 atom stereocenters. The summed E-state index contributed by atoms with van der Waals surface area (Å²) >= 11 is 0. The van der Waals surface area contributed by atoms with Crippen LogP contribution in [-0.2, 0) is 11.2 Å². The van der Waals surface area contributed by atoms with Gasteiger partial charge in [0.2, 0.25) is 0 Å². The van der Waals surface area contributed by atoms with E-state index in [4.69, 9.17) is 4.42 Å². The van der Waals surface area contributed by atoms with Gasteiger partial charge in [0.1, 0.15) is 11.3 Å². The van der Waals surface area contributed by atoms with E-state index in [9.17, 15) is 9.59 Å². The molecule has 2 fully saturated rings. The molecule has 2 aliphatic heterocycles. The van der Waals surface area contributed by atoms with E-state index < -0.39 is 11.6 Å². The zero-order chi connectivity index (χ0) is 17.9. The van der Waals surface area contributed by atoms with Crippen LogP contribution in [0, 0.1) is 5.92 Å². The Bertz CT molecular complexity index is 649. The molecule has 2 saturated heterocycles. The third-order valence-electron chi connectivity index (χ3n) is 5.13. The fourth-order valence-electron chi connectivity index (χ4n) is 3.60. The number of likely N-dealkylation sites (tertiary alicyclic amines) is 1. The topological polar surface area (TPSA) is 99.0 Å². The zero-order valence-electron chi connectivity index (χ0n) is 14.7. The summed E-state index contributed by atoms with van der Waals surface area (Å²) < 4.78 is 5.33. The summed E-state index contributed by atoms with van der Waals surface area (Å²) in [5.41, 5.74) is -0.806. The molecule has 3 N–H and O–H groups in total. The van der Waals surface area contributed by atoms with E-state index in [2.05, 4.69) is 25.8 Å². The van der Waals surface area contributed by atoms with Crippen LogP contribution in [0.1, 0.15) is 25.5 Å². The monoisotopic (exact) mass is 347 g/mol. The maximum atomic E-state index is 12.1. The lowest BCUT2D eigenvalue weighted by atomic mass is 9.79. The summed E-state index contributed by atoms with van der Waals surface area (Å²) in [6.07, 6.45) is 4.12. The highest BCUT2D eigenvalue weighted by atomic mass is 16.3. The van der Waals surface area contributed by atoms with Crippen LogP contribution in [0.15, 0.2) is 27.8 Å². The molecule has 8 nitrogen and oxygen atoms in total. The number of hydrogen-bond acceptors (Lipinski definition) is 4. The highest BCUT2D eigenvalue weighted by Crippen LogP contribution is 2.30. The number of carbonyl (C=O) groups excluding carboxylic acids is 2. The Morgan fingerprint density at radius 3 is 2.76 bits per heavy atom. The Labute approximate surface area is 147 Å². The van der Waals surface area contributed by atoms with Crippen molar-refractivity contribution in [2.24, 2.45) is 10.9 Å². The van der Waals surface area contributed by atoms with Crippen molar-refractivity contribution in [3.63, 3.8) is 0 Å². The van der Waals surface area contributed by atoms with Gasteiger partial charge >= 0.3 is 6.03 Å². The van der Waals surface area contributed by atoms with Crippen LogP contribution in [0.3, 0.4) is 0 Å². The molecule has 1 aromatic rings. The number of piperidine rings is 1. The maximum absolute atomic E-state index is 12.1. The molecule has 25 heavy (non-hydrogen) atoms. The Balaban J connectivity index is 1.50. The number of rotatable bonds is 4. The fraction of sp³-hybridized carbons (Fsp3) is 0.588. The number of aliphatic imine (C=N–C) groups is 1. The first-order valence-electron chi connectivity index (χ1n) is 8.64. The minimum Gasteiger partial charge on any atom is -0.469 e. The van der Waals surface area contributed by atoms with Crippen molar-refractivity contribution < 1.29 is 14.0 Å². The summed E-state index contributed by atoms with van der Waals surface area (Å²) in [6, 6.07) is 3.44. The number of nitrogens with one attached hydrogen (secondary N) is 3. The predicted octanol–water partition coefficient (Wildman–Crippen LogP) is 0.708. The molecule has 0 bridgehead atoms. The highest BCUT2D eigenvalue weighted by Gasteiger charge is 2.48. The second kappa shape index (κ2) is 7.16. The van der Waals surface area contributed by atoms with Gasteiger partial charge in [0, 0.05) is 33.1 Å². The molecule has 3 rings (SSSR count). The second-order valence-corrected chi connectivity index (χ2v) is 6.68. The van der Waals surface area contributed by atoms with E-state index in [0.717, 1.165) is 50.6 Å². The molecule has 3 amide bonds. The van der Waals surface area contributed by atoms with Crippen LogP contribution in [0.25, 0.3) is 0 Å². The molecular formula is C17H25N5O3. The quantitative estimate of drug-likeness (QED) is 0.423. The van der Waals surface area contributed by atoms with Gasteiger partial charge in [0.15, 0.2) is 5.96 Å². The Hall–Kier alpha value is -2.51. The Morgan fingerprint density at radius 2 is 2.20 bits per heavy atom. The summed E-state index contributed by atoms with van der Waals surface area (Å²) in [4.78, 5) is 30.1. The molecular weight excluding hydrogens is 322 g/mol. The van der Waals surface area contributed by atoms with Gasteiger partial charge in [-0.1, -0.05) is 0 Å². The molecule has 1 aromatic heterocycles. The van der Waals surface area contributed by atoms with Crippen molar-refractivity contribution in [3.05, 3.63) is 24.2 Å². The second-order valence-electron chi connectivity index (χ2n) is 6.68. The first-order valence-corrected chi connectivity index (χ1v) is 8.64. The average molecular weight is 347 g/mol. The summed E-state index contributed by atoms with van der Waals surface area (Å²) in [7, 11) is 1.77. The number of hydrogen-bond donors (Lipinski definition) is 3. The molecule has 0 aromatic carbocycles. The van der Waals surface area contributed by atoms with Crippen LogP contribution < -0.4 is 16.0 Å². The third-order valence-corrected chi connectivity index (χ3v) is 5.13. The van der Waals surface area contributed by atoms with Crippen molar-refractivity contribution in [3.8, 4) is 0 Å². The molecule has 1 unspecified atom stereocenters. The lowest BCUT2D eigenvalue weighted by molar-refractivity contribution is -0.125. The lowest BCUT2D eigenvalue weighted by Gasteiger charge is -2.39. The van der Waals surface area contributed by atoms with Crippen LogP contribution >= 0.6 is 0 Å². The van der Waals surface area contributed by atoms with Crippen molar-refractivity contribution in [2.75, 3.05) is 26.7 Å². The van der Waals surface area contributed by atoms with E-state index in [-0.39, 0.29) is 11.8 Å². The largest absolute Gasteiger partial charge is 0.469 e. The van der Waals surface area contributed by atoms with Gasteiger partial charge < -0.3 is 20.0 Å². The number of furan rings is 1. The zero-order valence-corrected chi connectivity index (χ0v) is 14.7. The molecule has 0 aliphatic carbocycles. The first-order chi connectivity index (χ1) is 12.0. The minimum absolute atomic E-state index is 0.122. The van der Waals surface area contributed by atoms with Gasteiger partial charge in [0.25, 0.3) is 5.91 Å². The standard InChI is InChI=1S/C17H25N5O3/c1-17(14(23)20-16(24)21-17)12-6-9-22(10-7-12)15(18-2)19-8-5-13-4-3-11-25-13/h3-4,11-12H,5-10H2,1-2H3,(H,18,19)(H2,20,21,23,24). The highest BCUT2D eigenvalue weighted by molar-refractivity contribution is 6.07. The van der Waals surface area contributed by atoms with Crippen LogP contribution in [-0.4, -0.2) is 55.0 Å². The van der Waals surface area contributed by atoms with Gasteiger partial charge in [0.05, 0.1) is 6.26 Å². The number of guanidine groups is 1. The number of amides is 3. The van der Waals surface area contributed by atoms with Crippen molar-refractivity contribution in [1.29, 1.82) is 0 Å². The summed E-state index contributed by atoms with van der Waals surface area (Å²) in [5.74, 6) is 1.70. The van der Waals surface area contributed by atoms with E-state index in [1.807, 2.05) is 19.1 Å². The fourth-order valence-corrected chi connectivity index (χ4v) is 3.60. The molecule has 0 saturated carbocycles. The molecule has 0 spiro atoms. The Kier molecular flexibility index (Phi) is 4.96. The van der Waals surface area contributed by atoms with E-state index in [1.54, 1.807) is 13.3 Å². The normalized spacial score (nSPS) is 25.0. The van der Waals surface area contributed by atoms with Gasteiger partial charge in [-0.05, 0) is 37.8 Å². The smallest absolute Gasteiger partial charge is 0.322 e. The van der Waals surface area contributed by atoms with Crippen molar-refractivity contribution in [2.45, 2.75) is 31.7 Å². The van der Waals surface area contributed by atoms with Crippen molar-refractivity contribution >= 4 is 17.9 Å². The van der Waals surface area contributed by atoms with Crippen LogP contribution in [0.5, 0.6) is 0 Å². The van der Waals surface area contributed by atoms with Gasteiger partial charge in [-0.15, -0.1) is 0 Å². The number of imide groups is 1. The molecule has 136 valence electrons. The molecule has 2 aliphatic rings. The van der Waals surface area contributed by atoms with Gasteiger partial charge in [-0.3, -0.25) is 15.1 Å². The molecule has 8 heteroatoms. The third kappa shape index (κ3) is 3.62. The van der Waals surface area contributed by atoms with E-state index in [1.165, 1.54) is 0 Å². The van der Waals surface area contributed by atoms with Gasteiger partial charge in [-0.2, -0.15) is 0 Å². The van der Waals surface area contributed by atoms with E-state index >= 15 is 0 Å². The summed E-state index contributed by atoms with van der Waals surface area (Å²) in [6.45, 7) is 4.15. The number of nitrogens with zero attached hydrogens (tertiary/aromatic N) is 2. The first kappa shape index (κ1) is 17.3. The van der Waals surface area contributed by atoms with Crippen LogP contribution in [0.2, 0.25) is 0 Å².